The van der Waals surface area contributed by atoms with Gasteiger partial charge in [0.15, 0.2) is 0 Å². The minimum absolute atomic E-state index is 0.0807. The number of amides is 1. The van der Waals surface area contributed by atoms with Gasteiger partial charge in [0.05, 0.1) is 13.7 Å². The maximum absolute atomic E-state index is 13.0. The van der Waals surface area contributed by atoms with E-state index in [1.54, 1.807) is 7.11 Å². The summed E-state index contributed by atoms with van der Waals surface area (Å²) in [5.41, 5.74) is 2.93. The van der Waals surface area contributed by atoms with Gasteiger partial charge in [-0.1, -0.05) is 44.2 Å². The van der Waals surface area contributed by atoms with Gasteiger partial charge in [0.25, 0.3) is 5.91 Å². The molecule has 2 aromatic carbocycles. The van der Waals surface area contributed by atoms with Gasteiger partial charge in [-0.15, -0.1) is 0 Å². The van der Waals surface area contributed by atoms with Crippen molar-refractivity contribution in [2.45, 2.75) is 27.0 Å². The fourth-order valence-corrected chi connectivity index (χ4v) is 3.56. The van der Waals surface area contributed by atoms with E-state index >= 15 is 0 Å². The van der Waals surface area contributed by atoms with Crippen LogP contribution < -0.4 is 4.74 Å². The predicted molar refractivity (Wildman–Crippen MR) is 115 cm³/mol. The number of carbonyl (C=O) groups is 1. The Morgan fingerprint density at radius 3 is 2.41 bits per heavy atom. The molecule has 1 amide bonds. The second-order valence-electron chi connectivity index (χ2n) is 7.99. The smallest absolute Gasteiger partial charge is 0.253 e. The van der Waals surface area contributed by atoms with E-state index in [2.05, 4.69) is 43.0 Å². The van der Waals surface area contributed by atoms with Gasteiger partial charge in [0, 0.05) is 50.5 Å². The quantitative estimate of drug-likeness (QED) is 0.680. The SMILES string of the molecule is COc1ccc(C(=O)N2CCN(Cc3ccccc3)CC2)cc1COCC(C)C. The van der Waals surface area contributed by atoms with Gasteiger partial charge in [-0.2, -0.15) is 0 Å². The van der Waals surface area contributed by atoms with Crippen molar-refractivity contribution < 1.29 is 14.3 Å². The van der Waals surface area contributed by atoms with E-state index < -0.39 is 0 Å². The van der Waals surface area contributed by atoms with Crippen molar-refractivity contribution in [1.82, 2.24) is 9.80 Å². The van der Waals surface area contributed by atoms with Gasteiger partial charge in [-0.05, 0) is 29.7 Å². The molecule has 5 heteroatoms. The molecule has 0 unspecified atom stereocenters. The number of hydrogen-bond donors (Lipinski definition) is 0. The molecule has 1 aliphatic rings. The molecule has 0 saturated carbocycles. The molecule has 0 radical (unpaired) electrons. The Bertz CT molecular complexity index is 784. The highest BCUT2D eigenvalue weighted by Crippen LogP contribution is 2.22. The largest absolute Gasteiger partial charge is 0.496 e. The first-order chi connectivity index (χ1) is 14.1. The molecule has 29 heavy (non-hydrogen) atoms. The molecule has 1 fully saturated rings. The summed E-state index contributed by atoms with van der Waals surface area (Å²) in [6.45, 7) is 9.58. The van der Waals surface area contributed by atoms with Gasteiger partial charge in [0.2, 0.25) is 0 Å². The highest BCUT2D eigenvalue weighted by Gasteiger charge is 2.23. The lowest BCUT2D eigenvalue weighted by Gasteiger charge is -2.35. The third-order valence-electron chi connectivity index (χ3n) is 5.14. The molecule has 1 heterocycles. The minimum atomic E-state index is 0.0807. The molecule has 0 N–H and O–H groups in total. The van der Waals surface area contributed by atoms with Crippen molar-refractivity contribution in [1.29, 1.82) is 0 Å². The third kappa shape index (κ3) is 6.05. The summed E-state index contributed by atoms with van der Waals surface area (Å²) >= 11 is 0. The number of hydrogen-bond acceptors (Lipinski definition) is 4. The summed E-state index contributed by atoms with van der Waals surface area (Å²) in [4.78, 5) is 17.4. The van der Waals surface area contributed by atoms with E-state index in [1.165, 1.54) is 5.56 Å². The Kier molecular flexibility index (Phi) is 7.67. The minimum Gasteiger partial charge on any atom is -0.496 e. The average Bonchev–Trinajstić information content (AvgIpc) is 2.74. The van der Waals surface area contributed by atoms with E-state index in [0.29, 0.717) is 24.7 Å². The van der Waals surface area contributed by atoms with E-state index in [9.17, 15) is 4.79 Å². The average molecular weight is 397 g/mol. The first-order valence-corrected chi connectivity index (χ1v) is 10.4. The lowest BCUT2D eigenvalue weighted by molar-refractivity contribution is 0.0627. The zero-order chi connectivity index (χ0) is 20.6. The van der Waals surface area contributed by atoms with E-state index in [4.69, 9.17) is 9.47 Å². The standard InChI is InChI=1S/C24H32N2O3/c1-19(2)17-29-18-22-15-21(9-10-23(22)28-3)24(27)26-13-11-25(12-14-26)16-20-7-5-4-6-8-20/h4-10,15,19H,11-14,16-18H2,1-3H3. The fourth-order valence-electron chi connectivity index (χ4n) is 3.56. The van der Waals surface area contributed by atoms with Crippen LogP contribution in [-0.4, -0.2) is 55.6 Å². The van der Waals surface area contributed by atoms with Gasteiger partial charge < -0.3 is 14.4 Å². The lowest BCUT2D eigenvalue weighted by atomic mass is 10.1. The van der Waals surface area contributed by atoms with Crippen molar-refractivity contribution in [3.05, 3.63) is 65.2 Å². The molecule has 2 aromatic rings. The van der Waals surface area contributed by atoms with Crippen LogP contribution in [0, 0.1) is 5.92 Å². The molecular weight excluding hydrogens is 364 g/mol. The van der Waals surface area contributed by atoms with Crippen molar-refractivity contribution in [2.24, 2.45) is 5.92 Å². The van der Waals surface area contributed by atoms with Crippen LogP contribution in [0.5, 0.6) is 5.75 Å². The van der Waals surface area contributed by atoms with Crippen LogP contribution in [-0.2, 0) is 17.9 Å². The molecule has 3 rings (SSSR count). The molecule has 0 aliphatic carbocycles. The van der Waals surface area contributed by atoms with Crippen LogP contribution in [0.4, 0.5) is 0 Å². The summed E-state index contributed by atoms with van der Waals surface area (Å²) in [6.07, 6.45) is 0. The molecule has 1 aliphatic heterocycles. The fraction of sp³-hybridized carbons (Fsp3) is 0.458. The van der Waals surface area contributed by atoms with Crippen molar-refractivity contribution in [3.8, 4) is 5.75 Å². The number of rotatable bonds is 8. The maximum Gasteiger partial charge on any atom is 0.253 e. The predicted octanol–water partition coefficient (Wildman–Crippen LogP) is 3.83. The monoisotopic (exact) mass is 396 g/mol. The van der Waals surface area contributed by atoms with E-state index in [-0.39, 0.29) is 5.91 Å². The van der Waals surface area contributed by atoms with Crippen molar-refractivity contribution >= 4 is 5.91 Å². The zero-order valence-corrected chi connectivity index (χ0v) is 17.8. The number of nitrogens with zero attached hydrogens (tertiary/aromatic N) is 2. The number of benzene rings is 2. The van der Waals surface area contributed by atoms with Crippen LogP contribution >= 0.6 is 0 Å². The molecule has 1 saturated heterocycles. The summed E-state index contributed by atoms with van der Waals surface area (Å²) in [5, 5.41) is 0. The molecule has 156 valence electrons. The van der Waals surface area contributed by atoms with Crippen LogP contribution in [0.1, 0.15) is 35.3 Å². The van der Waals surface area contributed by atoms with E-state index in [1.807, 2.05) is 29.2 Å². The van der Waals surface area contributed by atoms with Gasteiger partial charge >= 0.3 is 0 Å². The highest BCUT2D eigenvalue weighted by atomic mass is 16.5. The van der Waals surface area contributed by atoms with E-state index in [0.717, 1.165) is 44.0 Å². The number of methoxy groups -OCH3 is 1. The summed E-state index contributed by atoms with van der Waals surface area (Å²) in [5.74, 6) is 1.31. The summed E-state index contributed by atoms with van der Waals surface area (Å²) in [7, 11) is 1.65. The molecule has 0 spiro atoms. The van der Waals surface area contributed by atoms with Gasteiger partial charge in [0.1, 0.15) is 5.75 Å². The Hall–Kier alpha value is -2.37. The Morgan fingerprint density at radius 1 is 1.03 bits per heavy atom. The second-order valence-corrected chi connectivity index (χ2v) is 7.99. The maximum atomic E-state index is 13.0. The van der Waals surface area contributed by atoms with Crippen LogP contribution in [0.2, 0.25) is 0 Å². The Labute approximate surface area is 174 Å². The molecule has 5 nitrogen and oxygen atoms in total. The second kappa shape index (κ2) is 10.4. The first-order valence-electron chi connectivity index (χ1n) is 10.4. The molecule has 0 aromatic heterocycles. The summed E-state index contributed by atoms with van der Waals surface area (Å²) in [6, 6.07) is 16.1. The Morgan fingerprint density at radius 2 is 1.76 bits per heavy atom. The number of carbonyl (C=O) groups excluding carboxylic acids is 1. The Balaban J connectivity index is 1.58. The molecule has 0 atom stereocenters. The van der Waals surface area contributed by atoms with Crippen LogP contribution in [0.25, 0.3) is 0 Å². The topological polar surface area (TPSA) is 42.0 Å². The van der Waals surface area contributed by atoms with Crippen molar-refractivity contribution in [2.75, 3.05) is 39.9 Å². The van der Waals surface area contributed by atoms with Crippen molar-refractivity contribution in [3.63, 3.8) is 0 Å². The van der Waals surface area contributed by atoms with Crippen LogP contribution in [0.15, 0.2) is 48.5 Å². The van der Waals surface area contributed by atoms with Crippen LogP contribution in [0.3, 0.4) is 0 Å². The highest BCUT2D eigenvalue weighted by molar-refractivity contribution is 5.94. The third-order valence-corrected chi connectivity index (χ3v) is 5.14. The normalized spacial score (nSPS) is 15.0. The zero-order valence-electron chi connectivity index (χ0n) is 17.8. The molecule has 0 bridgehead atoms. The van der Waals surface area contributed by atoms with Gasteiger partial charge in [-0.25, -0.2) is 0 Å². The lowest BCUT2D eigenvalue weighted by Crippen LogP contribution is -2.48. The number of ether oxygens (including phenoxy) is 2. The van der Waals surface area contributed by atoms with Gasteiger partial charge in [-0.3, -0.25) is 9.69 Å². The number of piperazine rings is 1. The first kappa shape index (κ1) is 21.3. The molecular formula is C24H32N2O3. The summed E-state index contributed by atoms with van der Waals surface area (Å²) < 4.78 is 11.2.